The number of carbonyl (C=O) groups excluding carboxylic acids is 1. The smallest absolute Gasteiger partial charge is 0.293 e. The molecule has 1 nitrogen and oxygen atoms in total. The number of alkyl halides is 4. The van der Waals surface area contributed by atoms with Gasteiger partial charge in [0.05, 0.1) is 10.4 Å². The van der Waals surface area contributed by atoms with Crippen molar-refractivity contribution < 1.29 is 18.0 Å². The quantitative estimate of drug-likeness (QED) is 0.407. The highest BCUT2D eigenvalue weighted by atomic mass is 127. The van der Waals surface area contributed by atoms with Crippen molar-refractivity contribution >= 4 is 44.3 Å². The van der Waals surface area contributed by atoms with Gasteiger partial charge in [-0.2, -0.15) is 13.2 Å². The molecule has 6 heteroatoms. The molecule has 1 rings (SSSR count). The van der Waals surface area contributed by atoms with E-state index in [0.29, 0.717) is 0 Å². The van der Waals surface area contributed by atoms with E-state index in [1.807, 2.05) is 0 Å². The number of Topliss-reactive ketones (excluding diaryl/α,β-unsaturated/α-hetero) is 1. The Bertz CT molecular complexity index is 415. The normalized spacial score (nSPS) is 13.6. The second-order valence-corrected chi connectivity index (χ2v) is 5.71. The monoisotopic (exact) mass is 406 g/mol. The highest BCUT2D eigenvalue weighted by Gasteiger charge is 2.33. The van der Waals surface area contributed by atoms with Gasteiger partial charge in [-0.05, 0) is 41.6 Å². The second-order valence-electron chi connectivity index (χ2n) is 3.17. The fraction of sp³-hybridized carbons (Fsp3) is 0.300. The van der Waals surface area contributed by atoms with Gasteiger partial charge in [-0.15, -0.1) is 0 Å². The van der Waals surface area contributed by atoms with E-state index in [1.54, 1.807) is 29.5 Å². The van der Waals surface area contributed by atoms with Gasteiger partial charge in [-0.25, -0.2) is 0 Å². The van der Waals surface area contributed by atoms with E-state index in [-0.39, 0.29) is 14.9 Å². The van der Waals surface area contributed by atoms with Crippen molar-refractivity contribution in [3.63, 3.8) is 0 Å². The molecule has 1 atom stereocenters. The van der Waals surface area contributed by atoms with Gasteiger partial charge in [-0.3, -0.25) is 4.79 Å². The summed E-state index contributed by atoms with van der Waals surface area (Å²) in [6.45, 7) is 1.58. The minimum absolute atomic E-state index is 0.0668. The second kappa shape index (κ2) is 5.03. The van der Waals surface area contributed by atoms with Gasteiger partial charge in [0.1, 0.15) is 0 Å². The number of hydrogen-bond acceptors (Lipinski definition) is 1. The number of carbonyl (C=O) groups is 1. The first-order chi connectivity index (χ1) is 7.23. The van der Waals surface area contributed by atoms with Crippen molar-refractivity contribution in [3.05, 3.63) is 32.9 Å². The van der Waals surface area contributed by atoms with E-state index >= 15 is 0 Å². The third-order valence-corrected chi connectivity index (χ3v) is 3.27. The summed E-state index contributed by atoms with van der Waals surface area (Å²) in [5, 5.41) is 0. The first kappa shape index (κ1) is 14.0. The average Bonchev–Trinajstić information content (AvgIpc) is 2.15. The lowest BCUT2D eigenvalue weighted by Gasteiger charge is -2.11. The maximum atomic E-state index is 12.6. The van der Waals surface area contributed by atoms with Crippen LogP contribution in [0.3, 0.4) is 0 Å². The molecule has 1 aromatic rings. The van der Waals surface area contributed by atoms with Crippen LogP contribution in [0.15, 0.2) is 18.2 Å². The fourth-order valence-corrected chi connectivity index (χ4v) is 2.03. The van der Waals surface area contributed by atoms with Crippen molar-refractivity contribution in [3.8, 4) is 0 Å². The highest BCUT2D eigenvalue weighted by Crippen LogP contribution is 2.33. The van der Waals surface area contributed by atoms with E-state index in [1.165, 1.54) is 12.1 Å². The zero-order valence-electron chi connectivity index (χ0n) is 8.11. The van der Waals surface area contributed by atoms with E-state index in [2.05, 4.69) is 15.9 Å². The summed E-state index contributed by atoms with van der Waals surface area (Å²) >= 11 is 4.64. The maximum Gasteiger partial charge on any atom is 0.417 e. The Morgan fingerprint density at radius 1 is 1.44 bits per heavy atom. The molecule has 0 heterocycles. The number of ketones is 1. The number of rotatable bonds is 2. The molecule has 0 amide bonds. The van der Waals surface area contributed by atoms with Crippen molar-refractivity contribution in [1.29, 1.82) is 0 Å². The van der Waals surface area contributed by atoms with E-state index in [4.69, 9.17) is 0 Å². The molecule has 0 aromatic heterocycles. The van der Waals surface area contributed by atoms with Crippen LogP contribution in [-0.2, 0) is 6.18 Å². The molecule has 0 aliphatic carbocycles. The first-order valence-corrected chi connectivity index (χ1v) is 6.28. The predicted molar refractivity (Wildman–Crippen MR) is 66.9 cm³/mol. The lowest BCUT2D eigenvalue weighted by Crippen LogP contribution is -2.13. The largest absolute Gasteiger partial charge is 0.417 e. The van der Waals surface area contributed by atoms with Crippen molar-refractivity contribution in [1.82, 2.24) is 0 Å². The van der Waals surface area contributed by atoms with Crippen LogP contribution in [-0.4, -0.2) is 10.6 Å². The highest BCUT2D eigenvalue weighted by molar-refractivity contribution is 14.1. The summed E-state index contributed by atoms with van der Waals surface area (Å²) in [4.78, 5) is 11.0. The van der Waals surface area contributed by atoms with E-state index in [0.717, 1.165) is 6.07 Å². The predicted octanol–water partition coefficient (Wildman–Crippen LogP) is 4.28. The zero-order valence-corrected chi connectivity index (χ0v) is 11.9. The minimum atomic E-state index is -4.43. The summed E-state index contributed by atoms with van der Waals surface area (Å²) in [5.41, 5.74) is -0.704. The molecule has 1 unspecified atom stereocenters. The molecule has 0 radical (unpaired) electrons. The Morgan fingerprint density at radius 3 is 2.44 bits per heavy atom. The molecule has 0 fully saturated rings. The van der Waals surface area contributed by atoms with Crippen LogP contribution in [0.2, 0.25) is 0 Å². The summed E-state index contributed by atoms with van der Waals surface area (Å²) in [6.07, 6.45) is -4.43. The van der Waals surface area contributed by atoms with Gasteiger partial charge in [-0.1, -0.05) is 22.0 Å². The molecule has 0 saturated carbocycles. The molecule has 0 N–H and O–H groups in total. The van der Waals surface area contributed by atoms with Crippen LogP contribution in [0.4, 0.5) is 13.2 Å². The van der Waals surface area contributed by atoms with Crippen molar-refractivity contribution in [2.75, 3.05) is 0 Å². The molecular weight excluding hydrogens is 400 g/mol. The van der Waals surface area contributed by atoms with Gasteiger partial charge in [0, 0.05) is 9.13 Å². The zero-order chi connectivity index (χ0) is 12.5. The topological polar surface area (TPSA) is 17.1 Å². The number of benzene rings is 1. The van der Waals surface area contributed by atoms with E-state index < -0.39 is 16.6 Å². The van der Waals surface area contributed by atoms with Crippen LogP contribution >= 0.6 is 38.5 Å². The number of hydrogen-bond donors (Lipinski definition) is 0. The minimum Gasteiger partial charge on any atom is -0.293 e. The van der Waals surface area contributed by atoms with Gasteiger partial charge in [0.15, 0.2) is 5.78 Å². The molecular formula is C10H7BrF3IO. The first-order valence-electron chi connectivity index (χ1n) is 4.28. The standard InChI is InChI=1S/C10H7BrF3IO/c1-5(11)9(16)6-2-3-8(15)7(4-6)10(12,13)14/h2-5H,1H3. The molecule has 88 valence electrons. The molecule has 0 aliphatic heterocycles. The third-order valence-electron chi connectivity index (χ3n) is 1.92. The van der Waals surface area contributed by atoms with Gasteiger partial charge in [0.25, 0.3) is 0 Å². The Kier molecular flexibility index (Phi) is 4.39. The third kappa shape index (κ3) is 3.19. The lowest BCUT2D eigenvalue weighted by atomic mass is 10.1. The van der Waals surface area contributed by atoms with Gasteiger partial charge >= 0.3 is 6.18 Å². The fourth-order valence-electron chi connectivity index (χ4n) is 1.13. The lowest BCUT2D eigenvalue weighted by molar-refractivity contribution is -0.138. The number of halogens is 5. The molecule has 0 saturated heterocycles. The maximum absolute atomic E-state index is 12.6. The summed E-state index contributed by atoms with van der Waals surface area (Å²) in [6, 6.07) is 3.59. The Morgan fingerprint density at radius 2 is 2.00 bits per heavy atom. The molecule has 1 aromatic carbocycles. The van der Waals surface area contributed by atoms with Crippen LogP contribution in [0.25, 0.3) is 0 Å². The Hall–Kier alpha value is -0.110. The van der Waals surface area contributed by atoms with Crippen LogP contribution in [0, 0.1) is 3.57 Å². The van der Waals surface area contributed by atoms with Crippen LogP contribution in [0.5, 0.6) is 0 Å². The Labute approximate surface area is 113 Å². The summed E-state index contributed by atoms with van der Waals surface area (Å²) < 4.78 is 37.8. The SMILES string of the molecule is CC(Br)C(=O)c1ccc(I)c(C(F)(F)F)c1. The average molecular weight is 407 g/mol. The molecule has 16 heavy (non-hydrogen) atoms. The Balaban J connectivity index is 3.23. The van der Waals surface area contributed by atoms with Crippen LogP contribution < -0.4 is 0 Å². The summed E-state index contributed by atoms with van der Waals surface area (Å²) in [5.74, 6) is -0.359. The van der Waals surface area contributed by atoms with Crippen molar-refractivity contribution in [2.45, 2.75) is 17.9 Å². The van der Waals surface area contributed by atoms with Crippen LogP contribution in [0.1, 0.15) is 22.8 Å². The van der Waals surface area contributed by atoms with Gasteiger partial charge in [0.2, 0.25) is 0 Å². The summed E-state index contributed by atoms with van der Waals surface area (Å²) in [7, 11) is 0. The van der Waals surface area contributed by atoms with Crippen molar-refractivity contribution in [2.24, 2.45) is 0 Å². The molecule has 0 spiro atoms. The molecule has 0 bridgehead atoms. The molecule has 0 aliphatic rings. The van der Waals surface area contributed by atoms with E-state index in [9.17, 15) is 18.0 Å². The van der Waals surface area contributed by atoms with Gasteiger partial charge < -0.3 is 0 Å².